The maximum Gasteiger partial charge on any atom is 0.253 e. The van der Waals surface area contributed by atoms with Crippen molar-refractivity contribution in [1.29, 1.82) is 0 Å². The maximum atomic E-state index is 12.2. The Morgan fingerprint density at radius 2 is 2.39 bits per heavy atom. The van der Waals surface area contributed by atoms with Gasteiger partial charge in [0, 0.05) is 12.2 Å². The lowest BCUT2D eigenvalue weighted by molar-refractivity contribution is 0.0933. The lowest BCUT2D eigenvalue weighted by Crippen LogP contribution is -2.35. The van der Waals surface area contributed by atoms with Crippen molar-refractivity contribution in [3.8, 4) is 0 Å². The van der Waals surface area contributed by atoms with E-state index in [1.165, 1.54) is 12.8 Å². The third kappa shape index (κ3) is 3.20. The van der Waals surface area contributed by atoms with Crippen molar-refractivity contribution in [3.63, 3.8) is 0 Å². The van der Waals surface area contributed by atoms with E-state index in [9.17, 15) is 4.79 Å². The van der Waals surface area contributed by atoms with Crippen LogP contribution in [0, 0.1) is 5.92 Å². The molecule has 1 heterocycles. The number of nitrogens with one attached hydrogen (secondary N) is 2. The fourth-order valence-electron chi connectivity index (χ4n) is 2.05. The van der Waals surface area contributed by atoms with Gasteiger partial charge in [-0.25, -0.2) is 0 Å². The molecule has 0 bridgehead atoms. The molecule has 2 rings (SSSR count). The van der Waals surface area contributed by atoms with E-state index < -0.39 is 0 Å². The molecule has 0 spiro atoms. The second kappa shape index (κ2) is 5.82. The normalized spacial score (nSPS) is 16.1. The Kier molecular flexibility index (Phi) is 4.15. The average molecular weight is 248 g/mol. The van der Waals surface area contributed by atoms with Gasteiger partial charge in [-0.1, -0.05) is 19.8 Å². The highest BCUT2D eigenvalue weighted by molar-refractivity contribution is 5.99. The predicted octanol–water partition coefficient (Wildman–Crippen LogP) is 1.68. The monoisotopic (exact) mass is 248 g/mol. The summed E-state index contributed by atoms with van der Waals surface area (Å²) in [7, 11) is 0. The summed E-state index contributed by atoms with van der Waals surface area (Å²) in [6.07, 6.45) is 7.79. The minimum absolute atomic E-state index is 0.0853. The van der Waals surface area contributed by atoms with Gasteiger partial charge in [-0.2, -0.15) is 0 Å². The number of aromatic nitrogens is 1. The van der Waals surface area contributed by atoms with E-state index in [4.69, 9.17) is 5.84 Å². The van der Waals surface area contributed by atoms with Gasteiger partial charge in [0.15, 0.2) is 0 Å². The molecule has 1 amide bonds. The van der Waals surface area contributed by atoms with Gasteiger partial charge >= 0.3 is 0 Å². The molecule has 5 nitrogen and oxygen atoms in total. The number of hydrazine groups is 1. The number of amides is 1. The van der Waals surface area contributed by atoms with Crippen molar-refractivity contribution in [1.82, 2.24) is 10.3 Å². The molecule has 98 valence electrons. The molecular weight excluding hydrogens is 228 g/mol. The number of hydrogen-bond acceptors (Lipinski definition) is 4. The van der Waals surface area contributed by atoms with Crippen molar-refractivity contribution in [3.05, 3.63) is 24.0 Å². The van der Waals surface area contributed by atoms with Crippen molar-refractivity contribution < 1.29 is 4.79 Å². The summed E-state index contributed by atoms with van der Waals surface area (Å²) in [4.78, 5) is 16.1. The fraction of sp³-hybridized carbons (Fsp3) is 0.538. The molecule has 0 saturated heterocycles. The first kappa shape index (κ1) is 12.8. The van der Waals surface area contributed by atoms with Crippen molar-refractivity contribution in [2.24, 2.45) is 11.8 Å². The van der Waals surface area contributed by atoms with E-state index in [-0.39, 0.29) is 11.9 Å². The first-order valence-electron chi connectivity index (χ1n) is 6.46. The van der Waals surface area contributed by atoms with Crippen LogP contribution in [-0.4, -0.2) is 16.9 Å². The Bertz CT molecular complexity index is 417. The van der Waals surface area contributed by atoms with Crippen LogP contribution in [0.15, 0.2) is 18.5 Å². The highest BCUT2D eigenvalue weighted by Crippen LogP contribution is 2.34. The Hall–Kier alpha value is -1.62. The molecule has 18 heavy (non-hydrogen) atoms. The maximum absolute atomic E-state index is 12.2. The van der Waals surface area contributed by atoms with E-state index in [1.807, 2.05) is 0 Å². The van der Waals surface area contributed by atoms with Gasteiger partial charge in [0.25, 0.3) is 5.91 Å². The van der Waals surface area contributed by atoms with Gasteiger partial charge in [0.05, 0.1) is 17.4 Å². The molecule has 1 fully saturated rings. The third-order valence-electron chi connectivity index (χ3n) is 3.36. The summed E-state index contributed by atoms with van der Waals surface area (Å²) < 4.78 is 0. The number of nitrogens with two attached hydrogens (primary N) is 1. The van der Waals surface area contributed by atoms with Crippen molar-refractivity contribution in [2.75, 3.05) is 5.43 Å². The Balaban J connectivity index is 2.00. The van der Waals surface area contributed by atoms with E-state index in [0.29, 0.717) is 11.3 Å². The SMILES string of the molecule is CCC(CC1CC1)NC(=O)c1ccncc1NN. The smallest absolute Gasteiger partial charge is 0.253 e. The van der Waals surface area contributed by atoms with Gasteiger partial charge in [0.1, 0.15) is 0 Å². The molecule has 4 N–H and O–H groups in total. The lowest BCUT2D eigenvalue weighted by atomic mass is 10.1. The van der Waals surface area contributed by atoms with Crippen molar-refractivity contribution >= 4 is 11.6 Å². The van der Waals surface area contributed by atoms with Crippen LogP contribution in [-0.2, 0) is 0 Å². The van der Waals surface area contributed by atoms with Crippen LogP contribution in [0.3, 0.4) is 0 Å². The van der Waals surface area contributed by atoms with E-state index in [2.05, 4.69) is 22.7 Å². The number of hydrogen-bond donors (Lipinski definition) is 3. The number of nitrogens with zero attached hydrogens (tertiary/aromatic N) is 1. The lowest BCUT2D eigenvalue weighted by Gasteiger charge is -2.17. The van der Waals surface area contributed by atoms with Crippen LogP contribution in [0.2, 0.25) is 0 Å². The number of rotatable bonds is 6. The minimum atomic E-state index is -0.0853. The minimum Gasteiger partial charge on any atom is -0.349 e. The molecule has 1 aromatic rings. The number of anilines is 1. The van der Waals surface area contributed by atoms with Crippen LogP contribution in [0.1, 0.15) is 43.0 Å². The zero-order valence-corrected chi connectivity index (χ0v) is 10.6. The molecular formula is C13H20N4O. The van der Waals surface area contributed by atoms with Crippen LogP contribution >= 0.6 is 0 Å². The molecule has 1 aliphatic rings. The summed E-state index contributed by atoms with van der Waals surface area (Å²) in [5, 5.41) is 3.07. The molecule has 0 aromatic carbocycles. The summed E-state index contributed by atoms with van der Waals surface area (Å²) >= 11 is 0. The van der Waals surface area contributed by atoms with E-state index in [0.717, 1.165) is 18.8 Å². The zero-order valence-electron chi connectivity index (χ0n) is 10.6. The molecule has 0 aliphatic heterocycles. The standard InChI is InChI=1S/C13H20N4O/c1-2-10(7-9-3-4-9)16-13(18)11-5-6-15-8-12(11)17-14/h5-6,8-10,17H,2-4,7,14H2,1H3,(H,16,18). The van der Waals surface area contributed by atoms with Crippen LogP contribution in [0.4, 0.5) is 5.69 Å². The number of carbonyl (C=O) groups excluding carboxylic acids is 1. The quantitative estimate of drug-likeness (QED) is 0.528. The van der Waals surface area contributed by atoms with Crippen molar-refractivity contribution in [2.45, 2.75) is 38.6 Å². The first-order valence-corrected chi connectivity index (χ1v) is 6.46. The van der Waals surface area contributed by atoms with Gasteiger partial charge in [-0.15, -0.1) is 0 Å². The molecule has 1 aliphatic carbocycles. The molecule has 1 aromatic heterocycles. The first-order chi connectivity index (χ1) is 8.74. The van der Waals surface area contributed by atoms with Crippen LogP contribution in [0.25, 0.3) is 0 Å². The Morgan fingerprint density at radius 1 is 1.61 bits per heavy atom. The summed E-state index contributed by atoms with van der Waals surface area (Å²) in [6, 6.07) is 1.93. The number of nitrogen functional groups attached to an aromatic ring is 1. The second-order valence-corrected chi connectivity index (χ2v) is 4.82. The summed E-state index contributed by atoms with van der Waals surface area (Å²) in [6.45, 7) is 2.10. The van der Waals surface area contributed by atoms with Gasteiger partial charge in [-0.3, -0.25) is 15.6 Å². The Labute approximate surface area is 107 Å². The third-order valence-corrected chi connectivity index (χ3v) is 3.36. The zero-order chi connectivity index (χ0) is 13.0. The number of pyridine rings is 1. The topological polar surface area (TPSA) is 80.0 Å². The van der Waals surface area contributed by atoms with Gasteiger partial charge < -0.3 is 10.7 Å². The Morgan fingerprint density at radius 3 is 3.00 bits per heavy atom. The average Bonchev–Trinajstić information content (AvgIpc) is 3.21. The highest BCUT2D eigenvalue weighted by Gasteiger charge is 2.26. The molecule has 1 saturated carbocycles. The molecule has 1 unspecified atom stereocenters. The molecule has 1 atom stereocenters. The largest absolute Gasteiger partial charge is 0.349 e. The van der Waals surface area contributed by atoms with E-state index in [1.54, 1.807) is 18.5 Å². The highest BCUT2D eigenvalue weighted by atomic mass is 16.1. The van der Waals surface area contributed by atoms with Crippen LogP contribution in [0.5, 0.6) is 0 Å². The summed E-state index contributed by atoms with van der Waals surface area (Å²) in [5.74, 6) is 6.09. The van der Waals surface area contributed by atoms with E-state index >= 15 is 0 Å². The van der Waals surface area contributed by atoms with Gasteiger partial charge in [-0.05, 0) is 24.8 Å². The van der Waals surface area contributed by atoms with Crippen LogP contribution < -0.4 is 16.6 Å². The number of carbonyl (C=O) groups is 1. The molecule has 0 radical (unpaired) electrons. The van der Waals surface area contributed by atoms with Gasteiger partial charge in [0.2, 0.25) is 0 Å². The summed E-state index contributed by atoms with van der Waals surface area (Å²) in [5.41, 5.74) is 3.59. The fourth-order valence-corrected chi connectivity index (χ4v) is 2.05. The second-order valence-electron chi connectivity index (χ2n) is 4.82. The predicted molar refractivity (Wildman–Crippen MR) is 70.9 cm³/mol. The molecule has 5 heteroatoms.